The van der Waals surface area contributed by atoms with E-state index in [1.54, 1.807) is 60.3 Å². The molecule has 2 heterocycles. The van der Waals surface area contributed by atoms with Crippen LogP contribution in [0.1, 0.15) is 26.6 Å². The Kier molecular flexibility index (Phi) is 7.00. The first-order valence-corrected chi connectivity index (χ1v) is 9.44. The van der Waals surface area contributed by atoms with Gasteiger partial charge in [-0.2, -0.15) is 0 Å². The summed E-state index contributed by atoms with van der Waals surface area (Å²) in [5.41, 5.74) is 1.07. The number of carbonyl (C=O) groups is 4. The smallest absolute Gasteiger partial charge is 0.329 e. The van der Waals surface area contributed by atoms with Crippen LogP contribution in [0.25, 0.3) is 0 Å². The fourth-order valence-corrected chi connectivity index (χ4v) is 2.84. The Balaban J connectivity index is 1.60. The van der Waals surface area contributed by atoms with E-state index in [4.69, 9.17) is 9.15 Å². The lowest BCUT2D eigenvalue weighted by Crippen LogP contribution is -2.44. The third-order valence-corrected chi connectivity index (χ3v) is 4.39. The summed E-state index contributed by atoms with van der Waals surface area (Å²) >= 11 is 0. The van der Waals surface area contributed by atoms with Gasteiger partial charge < -0.3 is 19.0 Å². The number of imide groups is 1. The molecule has 3 amide bonds. The van der Waals surface area contributed by atoms with Crippen LogP contribution < -0.4 is 10.6 Å². The lowest BCUT2D eigenvalue weighted by molar-refractivity contribution is -0.150. The minimum Gasteiger partial charge on any atom is -0.459 e. The first-order chi connectivity index (χ1) is 14.9. The maximum atomic E-state index is 12.6. The number of furan rings is 1. The fourth-order valence-electron chi connectivity index (χ4n) is 2.84. The Morgan fingerprint density at radius 2 is 1.77 bits per heavy atom. The Hall–Kier alpha value is -4.14. The van der Waals surface area contributed by atoms with E-state index in [2.05, 4.69) is 10.6 Å². The summed E-state index contributed by atoms with van der Waals surface area (Å²) in [6, 6.07) is 14.2. The second-order valence-corrected chi connectivity index (χ2v) is 6.68. The van der Waals surface area contributed by atoms with Gasteiger partial charge in [-0.15, -0.1) is 0 Å². The van der Waals surface area contributed by atoms with Crippen LogP contribution in [0, 0.1) is 0 Å². The van der Waals surface area contributed by atoms with Gasteiger partial charge in [0.1, 0.15) is 11.7 Å². The number of nitrogens with one attached hydrogen (secondary N) is 2. The number of esters is 1. The molecular weight excluding hydrogens is 402 g/mol. The minimum absolute atomic E-state index is 0.0387. The number of nitrogens with zero attached hydrogens (tertiary/aromatic N) is 1. The predicted molar refractivity (Wildman–Crippen MR) is 109 cm³/mol. The van der Waals surface area contributed by atoms with Crippen molar-refractivity contribution in [1.82, 2.24) is 15.2 Å². The Labute approximate surface area is 178 Å². The number of aromatic nitrogens is 1. The van der Waals surface area contributed by atoms with Crippen molar-refractivity contribution < 1.29 is 28.3 Å². The highest BCUT2D eigenvalue weighted by Gasteiger charge is 2.25. The molecule has 2 aromatic heterocycles. The van der Waals surface area contributed by atoms with Crippen LogP contribution in [0.5, 0.6) is 0 Å². The molecule has 9 nitrogen and oxygen atoms in total. The van der Waals surface area contributed by atoms with Crippen LogP contribution >= 0.6 is 0 Å². The van der Waals surface area contributed by atoms with E-state index in [1.807, 2.05) is 6.07 Å². The van der Waals surface area contributed by atoms with E-state index >= 15 is 0 Å². The molecule has 1 aromatic carbocycles. The minimum atomic E-state index is -1.06. The zero-order valence-corrected chi connectivity index (χ0v) is 16.7. The summed E-state index contributed by atoms with van der Waals surface area (Å²) in [5.74, 6) is -2.76. The third kappa shape index (κ3) is 5.92. The van der Waals surface area contributed by atoms with Gasteiger partial charge in [0.15, 0.2) is 12.4 Å². The predicted octanol–water partition coefficient (Wildman–Crippen LogP) is 1.46. The van der Waals surface area contributed by atoms with Crippen molar-refractivity contribution in [3.63, 3.8) is 0 Å². The van der Waals surface area contributed by atoms with Gasteiger partial charge >= 0.3 is 5.97 Å². The van der Waals surface area contributed by atoms with Crippen molar-refractivity contribution in [2.24, 2.45) is 7.05 Å². The molecule has 2 N–H and O–H groups in total. The summed E-state index contributed by atoms with van der Waals surface area (Å²) in [6.07, 6.45) is 3.15. The molecule has 0 aliphatic carbocycles. The fraction of sp³-hybridized carbons (Fsp3) is 0.182. The zero-order chi connectivity index (χ0) is 22.2. The molecule has 0 unspecified atom stereocenters. The second kappa shape index (κ2) is 10.1. The van der Waals surface area contributed by atoms with Crippen LogP contribution in [0.3, 0.4) is 0 Å². The number of amides is 3. The van der Waals surface area contributed by atoms with E-state index in [9.17, 15) is 19.2 Å². The lowest BCUT2D eigenvalue weighted by Gasteiger charge is -2.17. The largest absolute Gasteiger partial charge is 0.459 e. The number of benzene rings is 1. The molecule has 0 bridgehead atoms. The highest BCUT2D eigenvalue weighted by Crippen LogP contribution is 2.07. The number of rotatable bonds is 8. The molecule has 9 heteroatoms. The third-order valence-electron chi connectivity index (χ3n) is 4.39. The van der Waals surface area contributed by atoms with Crippen molar-refractivity contribution in [2.75, 3.05) is 6.61 Å². The Bertz CT molecular complexity index is 1060. The number of hydrogen-bond acceptors (Lipinski definition) is 6. The van der Waals surface area contributed by atoms with Crippen LogP contribution in [0.15, 0.2) is 71.5 Å². The molecule has 31 heavy (non-hydrogen) atoms. The van der Waals surface area contributed by atoms with E-state index in [0.29, 0.717) is 0 Å². The number of aryl methyl sites for hydroxylation is 1. The highest BCUT2D eigenvalue weighted by atomic mass is 16.5. The molecule has 160 valence electrons. The van der Waals surface area contributed by atoms with Gasteiger partial charge in [0, 0.05) is 19.7 Å². The molecule has 0 radical (unpaired) electrons. The van der Waals surface area contributed by atoms with E-state index in [1.165, 1.54) is 12.3 Å². The quantitative estimate of drug-likeness (QED) is 0.530. The molecule has 0 saturated carbocycles. The number of hydrogen-bond donors (Lipinski definition) is 2. The van der Waals surface area contributed by atoms with Gasteiger partial charge in [0.05, 0.1) is 6.26 Å². The maximum absolute atomic E-state index is 12.6. The Morgan fingerprint density at radius 3 is 2.42 bits per heavy atom. The molecular formula is C22H21N3O6. The normalized spacial score (nSPS) is 11.4. The van der Waals surface area contributed by atoms with E-state index in [-0.39, 0.29) is 17.9 Å². The van der Waals surface area contributed by atoms with Gasteiger partial charge in [-0.3, -0.25) is 19.7 Å². The number of carbonyl (C=O) groups excluding carboxylic acids is 4. The van der Waals surface area contributed by atoms with Gasteiger partial charge in [0.25, 0.3) is 17.7 Å². The molecule has 3 aromatic rings. The molecule has 0 spiro atoms. The summed E-state index contributed by atoms with van der Waals surface area (Å²) in [7, 11) is 1.66. The molecule has 0 fully saturated rings. The van der Waals surface area contributed by atoms with Crippen LogP contribution in [-0.4, -0.2) is 40.9 Å². The molecule has 3 rings (SSSR count). The molecule has 1 atom stereocenters. The molecule has 0 aliphatic heterocycles. The first-order valence-electron chi connectivity index (χ1n) is 9.44. The lowest BCUT2D eigenvalue weighted by atomic mass is 10.1. The summed E-state index contributed by atoms with van der Waals surface area (Å²) < 4.78 is 11.6. The molecule has 0 saturated heterocycles. The molecule has 0 aliphatic rings. The highest BCUT2D eigenvalue weighted by molar-refractivity contribution is 6.04. The van der Waals surface area contributed by atoms with Crippen molar-refractivity contribution in [3.8, 4) is 0 Å². The number of ether oxygens (including phenoxy) is 1. The zero-order valence-electron chi connectivity index (χ0n) is 16.7. The van der Waals surface area contributed by atoms with Gasteiger partial charge in [-0.25, -0.2) is 4.79 Å². The van der Waals surface area contributed by atoms with Crippen LogP contribution in [0.4, 0.5) is 0 Å². The van der Waals surface area contributed by atoms with Crippen LogP contribution in [-0.2, 0) is 27.8 Å². The average Bonchev–Trinajstić information content (AvgIpc) is 3.44. The monoisotopic (exact) mass is 423 g/mol. The second-order valence-electron chi connectivity index (χ2n) is 6.68. The summed E-state index contributed by atoms with van der Waals surface area (Å²) in [4.78, 5) is 49.0. The standard InChI is InChI=1S/C22H21N3O6/c1-25-11-5-9-17(25)20(27)24-19(26)14-31-22(29)16(13-15-7-3-2-4-8-15)23-21(28)18-10-6-12-30-18/h2-12,16H,13-14H2,1H3,(H,23,28)(H,24,26,27)/t16-/m0/s1. The summed E-state index contributed by atoms with van der Waals surface area (Å²) in [6.45, 7) is -0.670. The van der Waals surface area contributed by atoms with Crippen molar-refractivity contribution in [3.05, 3.63) is 84.1 Å². The van der Waals surface area contributed by atoms with Crippen molar-refractivity contribution in [1.29, 1.82) is 0 Å². The first kappa shape index (κ1) is 21.6. The van der Waals surface area contributed by atoms with Crippen molar-refractivity contribution >= 4 is 23.7 Å². The van der Waals surface area contributed by atoms with Crippen molar-refractivity contribution in [2.45, 2.75) is 12.5 Å². The van der Waals surface area contributed by atoms with E-state index in [0.717, 1.165) is 5.56 Å². The van der Waals surface area contributed by atoms with Gasteiger partial charge in [-0.05, 0) is 29.8 Å². The van der Waals surface area contributed by atoms with Gasteiger partial charge in [0.2, 0.25) is 0 Å². The maximum Gasteiger partial charge on any atom is 0.329 e. The average molecular weight is 423 g/mol. The SMILES string of the molecule is Cn1cccc1C(=O)NC(=O)COC(=O)[C@H](Cc1ccccc1)NC(=O)c1ccco1. The van der Waals surface area contributed by atoms with E-state index < -0.39 is 36.3 Å². The van der Waals surface area contributed by atoms with Crippen LogP contribution in [0.2, 0.25) is 0 Å². The summed E-state index contributed by atoms with van der Waals surface area (Å²) in [5, 5.41) is 4.70. The van der Waals surface area contributed by atoms with Gasteiger partial charge in [-0.1, -0.05) is 30.3 Å². The topological polar surface area (TPSA) is 120 Å². The Morgan fingerprint density at radius 1 is 1.00 bits per heavy atom.